The number of hydrogen-bond acceptors (Lipinski definition) is 3. The first kappa shape index (κ1) is 12.6. The van der Waals surface area contributed by atoms with Crippen LogP contribution in [-0.4, -0.2) is 5.11 Å². The van der Waals surface area contributed by atoms with Gasteiger partial charge in [0.1, 0.15) is 17.4 Å². The van der Waals surface area contributed by atoms with Crippen molar-refractivity contribution < 1.29 is 9.52 Å². The molecule has 0 saturated heterocycles. The van der Waals surface area contributed by atoms with Crippen molar-refractivity contribution in [1.29, 1.82) is 0 Å². The first-order valence-corrected chi connectivity index (χ1v) is 7.69. The van der Waals surface area contributed by atoms with E-state index in [0.29, 0.717) is 5.76 Å². The number of benzene rings is 2. The zero-order chi connectivity index (χ0) is 14.4. The summed E-state index contributed by atoms with van der Waals surface area (Å²) in [6.45, 7) is 2.02. The van der Waals surface area contributed by atoms with Crippen LogP contribution in [0.2, 0.25) is 0 Å². The van der Waals surface area contributed by atoms with E-state index in [1.807, 2.05) is 49.4 Å². The van der Waals surface area contributed by atoms with Crippen LogP contribution in [0.25, 0.3) is 21.1 Å². The van der Waals surface area contributed by atoms with E-state index in [1.54, 1.807) is 11.3 Å². The van der Waals surface area contributed by atoms with Gasteiger partial charge in [0.05, 0.1) is 0 Å². The normalized spacial score (nSPS) is 13.0. The average molecular weight is 294 g/mol. The molecule has 2 aromatic carbocycles. The van der Waals surface area contributed by atoms with Gasteiger partial charge in [0.25, 0.3) is 0 Å². The summed E-state index contributed by atoms with van der Waals surface area (Å²) >= 11 is 1.60. The summed E-state index contributed by atoms with van der Waals surface area (Å²) in [7, 11) is 0. The van der Waals surface area contributed by atoms with Gasteiger partial charge < -0.3 is 9.52 Å². The largest absolute Gasteiger partial charge is 0.458 e. The third-order valence-electron chi connectivity index (χ3n) is 3.74. The highest BCUT2D eigenvalue weighted by Crippen LogP contribution is 2.35. The number of thiophene rings is 1. The molecule has 0 amide bonds. The molecular weight excluding hydrogens is 280 g/mol. The van der Waals surface area contributed by atoms with E-state index in [9.17, 15) is 5.11 Å². The van der Waals surface area contributed by atoms with Gasteiger partial charge in [-0.15, -0.1) is 11.3 Å². The Morgan fingerprint density at radius 2 is 1.81 bits per heavy atom. The molecule has 2 heterocycles. The molecule has 0 aliphatic rings. The van der Waals surface area contributed by atoms with E-state index < -0.39 is 6.10 Å². The van der Waals surface area contributed by atoms with Crippen LogP contribution in [0.3, 0.4) is 0 Å². The Morgan fingerprint density at radius 3 is 2.62 bits per heavy atom. The van der Waals surface area contributed by atoms with Crippen LogP contribution >= 0.6 is 11.3 Å². The van der Waals surface area contributed by atoms with Crippen LogP contribution in [-0.2, 0) is 0 Å². The molecule has 1 N–H and O–H groups in total. The van der Waals surface area contributed by atoms with Crippen molar-refractivity contribution in [2.75, 3.05) is 0 Å². The molecule has 0 radical (unpaired) electrons. The molecule has 0 bridgehead atoms. The maximum atomic E-state index is 10.6. The lowest BCUT2D eigenvalue weighted by molar-refractivity contribution is 0.196. The summed E-state index contributed by atoms with van der Waals surface area (Å²) in [6.07, 6.45) is -0.714. The van der Waals surface area contributed by atoms with Gasteiger partial charge in [0.2, 0.25) is 0 Å². The van der Waals surface area contributed by atoms with Crippen molar-refractivity contribution in [3.63, 3.8) is 0 Å². The van der Waals surface area contributed by atoms with Crippen LogP contribution in [0.4, 0.5) is 0 Å². The van der Waals surface area contributed by atoms with E-state index >= 15 is 0 Å². The van der Waals surface area contributed by atoms with Crippen molar-refractivity contribution in [3.05, 3.63) is 70.8 Å². The Bertz CT molecular complexity index is 900. The summed E-state index contributed by atoms with van der Waals surface area (Å²) in [5, 5.41) is 12.8. The Labute approximate surface area is 126 Å². The van der Waals surface area contributed by atoms with E-state index in [0.717, 1.165) is 26.8 Å². The van der Waals surface area contributed by atoms with Gasteiger partial charge >= 0.3 is 0 Å². The number of hydrogen-bond donors (Lipinski definition) is 1. The van der Waals surface area contributed by atoms with Crippen molar-refractivity contribution in [2.45, 2.75) is 13.0 Å². The highest BCUT2D eigenvalue weighted by molar-refractivity contribution is 7.19. The van der Waals surface area contributed by atoms with Gasteiger partial charge in [-0.3, -0.25) is 0 Å². The van der Waals surface area contributed by atoms with Crippen molar-refractivity contribution >= 4 is 32.4 Å². The smallest absolute Gasteiger partial charge is 0.146 e. The van der Waals surface area contributed by atoms with Gasteiger partial charge in [-0.1, -0.05) is 36.4 Å². The molecule has 4 rings (SSSR count). The SMILES string of the molecule is Cc1cccc2cc(C(O)c3cc4ccccc4s3)oc12. The molecule has 0 aliphatic heterocycles. The first-order valence-electron chi connectivity index (χ1n) is 6.88. The first-order chi connectivity index (χ1) is 10.2. The number of aliphatic hydroxyl groups is 1. The maximum absolute atomic E-state index is 10.6. The highest BCUT2D eigenvalue weighted by atomic mass is 32.1. The number of para-hydroxylation sites is 1. The van der Waals surface area contributed by atoms with E-state index in [1.165, 1.54) is 4.70 Å². The van der Waals surface area contributed by atoms with E-state index in [2.05, 4.69) is 12.1 Å². The van der Waals surface area contributed by atoms with Crippen molar-refractivity contribution in [3.8, 4) is 0 Å². The topological polar surface area (TPSA) is 33.4 Å². The Kier molecular flexibility index (Phi) is 2.84. The Hall–Kier alpha value is -2.10. The van der Waals surface area contributed by atoms with Gasteiger partial charge in [0.15, 0.2) is 0 Å². The molecule has 0 spiro atoms. The summed E-state index contributed by atoms with van der Waals surface area (Å²) in [6, 6.07) is 18.1. The number of aryl methyl sites for hydroxylation is 1. The summed E-state index contributed by atoms with van der Waals surface area (Å²) in [4.78, 5) is 0.910. The molecule has 1 atom stereocenters. The summed E-state index contributed by atoms with van der Waals surface area (Å²) < 4.78 is 7.05. The molecule has 21 heavy (non-hydrogen) atoms. The van der Waals surface area contributed by atoms with Crippen LogP contribution in [0, 0.1) is 6.92 Å². The van der Waals surface area contributed by atoms with Crippen molar-refractivity contribution in [1.82, 2.24) is 0 Å². The van der Waals surface area contributed by atoms with Crippen LogP contribution < -0.4 is 0 Å². The molecule has 1 unspecified atom stereocenters. The minimum atomic E-state index is -0.714. The molecule has 2 nitrogen and oxygen atoms in total. The molecule has 0 saturated carbocycles. The second kappa shape index (κ2) is 4.72. The quantitative estimate of drug-likeness (QED) is 0.562. The lowest BCUT2D eigenvalue weighted by atomic mass is 10.1. The highest BCUT2D eigenvalue weighted by Gasteiger charge is 2.18. The lowest BCUT2D eigenvalue weighted by Crippen LogP contribution is -1.93. The summed E-state index contributed by atoms with van der Waals surface area (Å²) in [5.74, 6) is 0.603. The van der Waals surface area contributed by atoms with Gasteiger partial charge in [-0.05, 0) is 36.1 Å². The Morgan fingerprint density at radius 1 is 1.00 bits per heavy atom. The minimum Gasteiger partial charge on any atom is -0.458 e. The monoisotopic (exact) mass is 294 g/mol. The predicted molar refractivity (Wildman–Crippen MR) is 86.8 cm³/mol. The van der Waals surface area contributed by atoms with E-state index in [-0.39, 0.29) is 0 Å². The van der Waals surface area contributed by atoms with Gasteiger partial charge in [0, 0.05) is 15.0 Å². The number of furan rings is 1. The summed E-state index contributed by atoms with van der Waals surface area (Å²) in [5.41, 5.74) is 1.94. The average Bonchev–Trinajstić information content (AvgIpc) is 3.11. The minimum absolute atomic E-state index is 0.603. The lowest BCUT2D eigenvalue weighted by Gasteiger charge is -2.03. The fraction of sp³-hybridized carbons (Fsp3) is 0.111. The zero-order valence-corrected chi connectivity index (χ0v) is 12.4. The number of aliphatic hydroxyl groups excluding tert-OH is 1. The third kappa shape index (κ3) is 2.06. The van der Waals surface area contributed by atoms with Gasteiger partial charge in [-0.25, -0.2) is 0 Å². The predicted octanol–water partition coefficient (Wildman–Crippen LogP) is 5.04. The molecule has 0 aliphatic carbocycles. The molecule has 0 fully saturated rings. The van der Waals surface area contributed by atoms with Crippen LogP contribution in [0.15, 0.2) is 59.0 Å². The van der Waals surface area contributed by atoms with Gasteiger partial charge in [-0.2, -0.15) is 0 Å². The Balaban J connectivity index is 1.81. The molecular formula is C18H14O2S. The molecule has 4 aromatic rings. The van der Waals surface area contributed by atoms with Crippen molar-refractivity contribution in [2.24, 2.45) is 0 Å². The molecule has 104 valence electrons. The molecule has 2 aromatic heterocycles. The number of rotatable bonds is 2. The fourth-order valence-electron chi connectivity index (χ4n) is 2.64. The third-order valence-corrected chi connectivity index (χ3v) is 4.91. The maximum Gasteiger partial charge on any atom is 0.146 e. The number of fused-ring (bicyclic) bond motifs is 2. The second-order valence-electron chi connectivity index (χ2n) is 5.23. The molecule has 3 heteroatoms. The second-order valence-corrected chi connectivity index (χ2v) is 6.35. The standard InChI is InChI=1S/C18H14O2S/c1-11-5-4-7-13-9-14(20-18(11)13)17(19)16-10-12-6-2-3-8-15(12)21-16/h2-10,17,19H,1H3. The zero-order valence-electron chi connectivity index (χ0n) is 11.5. The van der Waals surface area contributed by atoms with E-state index in [4.69, 9.17) is 4.42 Å². The van der Waals surface area contributed by atoms with Crippen LogP contribution in [0.1, 0.15) is 22.3 Å². The van der Waals surface area contributed by atoms with Crippen LogP contribution in [0.5, 0.6) is 0 Å². The fourth-order valence-corrected chi connectivity index (χ4v) is 3.70.